The second kappa shape index (κ2) is 5.60. The third kappa shape index (κ3) is 2.71. The Morgan fingerprint density at radius 2 is 1.88 bits per heavy atom. The smallest absolute Gasteiger partial charge is 0.0594 e. The van der Waals surface area contributed by atoms with E-state index in [-0.39, 0.29) is 6.04 Å². The van der Waals surface area contributed by atoms with Crippen LogP contribution in [0.2, 0.25) is 0 Å². The van der Waals surface area contributed by atoms with Crippen LogP contribution in [0.4, 0.5) is 0 Å². The molecule has 0 aliphatic heterocycles. The SMILES string of the molecule is CCNC(c1ccccc1)c1cccnc1C. The van der Waals surface area contributed by atoms with Crippen molar-refractivity contribution in [3.8, 4) is 0 Å². The summed E-state index contributed by atoms with van der Waals surface area (Å²) in [5.74, 6) is 0. The van der Waals surface area contributed by atoms with Gasteiger partial charge in [-0.3, -0.25) is 4.98 Å². The molecule has 1 unspecified atom stereocenters. The molecular formula is C15H18N2. The maximum Gasteiger partial charge on any atom is 0.0594 e. The van der Waals surface area contributed by atoms with Gasteiger partial charge in [0.05, 0.1) is 6.04 Å². The van der Waals surface area contributed by atoms with E-state index in [1.54, 1.807) is 0 Å². The lowest BCUT2D eigenvalue weighted by Crippen LogP contribution is -2.22. The molecule has 0 saturated heterocycles. The Labute approximate surface area is 103 Å². The standard InChI is InChI=1S/C15H18N2/c1-3-16-15(13-8-5-4-6-9-13)14-10-7-11-17-12(14)2/h4-11,15-16H,3H2,1-2H3. The van der Waals surface area contributed by atoms with E-state index in [0.717, 1.165) is 12.2 Å². The van der Waals surface area contributed by atoms with Crippen molar-refractivity contribution in [2.45, 2.75) is 19.9 Å². The molecule has 0 bridgehead atoms. The van der Waals surface area contributed by atoms with Crippen molar-refractivity contribution >= 4 is 0 Å². The number of nitrogens with one attached hydrogen (secondary N) is 1. The molecule has 2 heteroatoms. The maximum atomic E-state index is 4.37. The molecular weight excluding hydrogens is 208 g/mol. The molecule has 88 valence electrons. The highest BCUT2D eigenvalue weighted by molar-refractivity contribution is 5.33. The van der Waals surface area contributed by atoms with Crippen LogP contribution in [-0.4, -0.2) is 11.5 Å². The summed E-state index contributed by atoms with van der Waals surface area (Å²) in [6, 6.07) is 14.9. The first kappa shape index (κ1) is 11.8. The highest BCUT2D eigenvalue weighted by atomic mass is 14.9. The van der Waals surface area contributed by atoms with E-state index < -0.39 is 0 Å². The second-order valence-electron chi connectivity index (χ2n) is 4.08. The van der Waals surface area contributed by atoms with Crippen molar-refractivity contribution in [3.63, 3.8) is 0 Å². The molecule has 1 heterocycles. The molecule has 2 rings (SSSR count). The first-order chi connectivity index (χ1) is 8.33. The predicted octanol–water partition coefficient (Wildman–Crippen LogP) is 3.09. The number of nitrogens with zero attached hydrogens (tertiary/aromatic N) is 1. The maximum absolute atomic E-state index is 4.37. The fraction of sp³-hybridized carbons (Fsp3) is 0.267. The molecule has 1 aromatic heterocycles. The molecule has 0 aliphatic rings. The quantitative estimate of drug-likeness (QED) is 0.866. The van der Waals surface area contributed by atoms with E-state index in [0.29, 0.717) is 0 Å². The lowest BCUT2D eigenvalue weighted by Gasteiger charge is -2.20. The number of aryl methyl sites for hydroxylation is 1. The van der Waals surface area contributed by atoms with Gasteiger partial charge in [-0.25, -0.2) is 0 Å². The Morgan fingerprint density at radius 3 is 2.53 bits per heavy atom. The molecule has 0 aliphatic carbocycles. The zero-order valence-corrected chi connectivity index (χ0v) is 10.4. The summed E-state index contributed by atoms with van der Waals surface area (Å²) >= 11 is 0. The van der Waals surface area contributed by atoms with Gasteiger partial charge in [-0.1, -0.05) is 43.3 Å². The van der Waals surface area contributed by atoms with E-state index in [1.807, 2.05) is 18.3 Å². The zero-order chi connectivity index (χ0) is 12.1. The zero-order valence-electron chi connectivity index (χ0n) is 10.4. The summed E-state index contributed by atoms with van der Waals surface area (Å²) in [5, 5.41) is 3.52. The van der Waals surface area contributed by atoms with E-state index in [2.05, 4.69) is 54.5 Å². The van der Waals surface area contributed by atoms with Crippen LogP contribution in [0, 0.1) is 6.92 Å². The number of hydrogen-bond donors (Lipinski definition) is 1. The van der Waals surface area contributed by atoms with E-state index in [9.17, 15) is 0 Å². The van der Waals surface area contributed by atoms with Crippen molar-refractivity contribution in [1.82, 2.24) is 10.3 Å². The molecule has 0 radical (unpaired) electrons. The monoisotopic (exact) mass is 226 g/mol. The van der Waals surface area contributed by atoms with Gasteiger partial charge in [-0.15, -0.1) is 0 Å². The van der Waals surface area contributed by atoms with Crippen molar-refractivity contribution in [1.29, 1.82) is 0 Å². The average Bonchev–Trinajstić information content (AvgIpc) is 2.38. The molecule has 0 saturated carbocycles. The Morgan fingerprint density at radius 1 is 1.12 bits per heavy atom. The van der Waals surface area contributed by atoms with Crippen molar-refractivity contribution in [2.75, 3.05) is 6.54 Å². The van der Waals surface area contributed by atoms with Crippen molar-refractivity contribution in [3.05, 3.63) is 65.5 Å². The van der Waals surface area contributed by atoms with Gasteiger partial charge in [0.25, 0.3) is 0 Å². The van der Waals surface area contributed by atoms with Crippen molar-refractivity contribution in [2.24, 2.45) is 0 Å². The Balaban J connectivity index is 2.39. The van der Waals surface area contributed by atoms with Crippen LogP contribution in [0.25, 0.3) is 0 Å². The molecule has 17 heavy (non-hydrogen) atoms. The summed E-state index contributed by atoms with van der Waals surface area (Å²) in [5.41, 5.74) is 3.62. The topological polar surface area (TPSA) is 24.9 Å². The van der Waals surface area contributed by atoms with E-state index in [4.69, 9.17) is 0 Å². The summed E-state index contributed by atoms with van der Waals surface area (Å²) in [4.78, 5) is 4.37. The van der Waals surface area contributed by atoms with E-state index in [1.165, 1.54) is 11.1 Å². The summed E-state index contributed by atoms with van der Waals surface area (Å²) < 4.78 is 0. The normalized spacial score (nSPS) is 12.4. The molecule has 1 aromatic carbocycles. The van der Waals surface area contributed by atoms with Gasteiger partial charge in [0.2, 0.25) is 0 Å². The fourth-order valence-corrected chi connectivity index (χ4v) is 2.06. The van der Waals surface area contributed by atoms with Crippen LogP contribution in [0.15, 0.2) is 48.7 Å². The molecule has 1 atom stereocenters. The average molecular weight is 226 g/mol. The summed E-state index contributed by atoms with van der Waals surface area (Å²) in [7, 11) is 0. The molecule has 2 nitrogen and oxygen atoms in total. The number of benzene rings is 1. The minimum atomic E-state index is 0.231. The lowest BCUT2D eigenvalue weighted by molar-refractivity contribution is 0.625. The number of rotatable bonds is 4. The number of pyridine rings is 1. The van der Waals surface area contributed by atoms with Gasteiger partial charge < -0.3 is 5.32 Å². The van der Waals surface area contributed by atoms with Gasteiger partial charge in [0.1, 0.15) is 0 Å². The van der Waals surface area contributed by atoms with Crippen LogP contribution in [0.5, 0.6) is 0 Å². The highest BCUT2D eigenvalue weighted by Crippen LogP contribution is 2.23. The van der Waals surface area contributed by atoms with Crippen LogP contribution in [0.3, 0.4) is 0 Å². The largest absolute Gasteiger partial charge is 0.306 e. The van der Waals surface area contributed by atoms with Gasteiger partial charge in [-0.2, -0.15) is 0 Å². The Kier molecular flexibility index (Phi) is 3.89. The third-order valence-corrected chi connectivity index (χ3v) is 2.90. The molecule has 0 amide bonds. The van der Waals surface area contributed by atoms with Gasteiger partial charge in [0, 0.05) is 11.9 Å². The third-order valence-electron chi connectivity index (χ3n) is 2.90. The number of hydrogen-bond acceptors (Lipinski definition) is 2. The van der Waals surface area contributed by atoms with E-state index >= 15 is 0 Å². The van der Waals surface area contributed by atoms with Crippen LogP contribution >= 0.6 is 0 Å². The molecule has 1 N–H and O–H groups in total. The first-order valence-electron chi connectivity index (χ1n) is 6.02. The fourth-order valence-electron chi connectivity index (χ4n) is 2.06. The highest BCUT2D eigenvalue weighted by Gasteiger charge is 2.14. The summed E-state index contributed by atoms with van der Waals surface area (Å²) in [6.45, 7) is 5.12. The minimum Gasteiger partial charge on any atom is -0.306 e. The molecule has 0 fully saturated rings. The first-order valence-corrected chi connectivity index (χ1v) is 6.02. The molecule has 2 aromatic rings. The number of aromatic nitrogens is 1. The Bertz CT molecular complexity index is 465. The minimum absolute atomic E-state index is 0.231. The van der Waals surface area contributed by atoms with Gasteiger partial charge in [-0.05, 0) is 30.7 Å². The van der Waals surface area contributed by atoms with Crippen molar-refractivity contribution < 1.29 is 0 Å². The van der Waals surface area contributed by atoms with Crippen LogP contribution in [0.1, 0.15) is 29.8 Å². The Hall–Kier alpha value is -1.67. The van der Waals surface area contributed by atoms with Gasteiger partial charge in [0.15, 0.2) is 0 Å². The van der Waals surface area contributed by atoms with Crippen LogP contribution < -0.4 is 5.32 Å². The molecule has 0 spiro atoms. The second-order valence-corrected chi connectivity index (χ2v) is 4.08. The van der Waals surface area contributed by atoms with Gasteiger partial charge >= 0.3 is 0 Å². The lowest BCUT2D eigenvalue weighted by atomic mass is 9.98. The van der Waals surface area contributed by atoms with Crippen LogP contribution in [-0.2, 0) is 0 Å². The summed E-state index contributed by atoms with van der Waals surface area (Å²) in [6.07, 6.45) is 1.84. The predicted molar refractivity (Wildman–Crippen MR) is 70.9 cm³/mol.